The highest BCUT2D eigenvalue weighted by atomic mass is 32.2. The van der Waals surface area contributed by atoms with Crippen LogP contribution in [0, 0.1) is 6.92 Å². The van der Waals surface area contributed by atoms with Gasteiger partial charge in [0.2, 0.25) is 10.0 Å². The molecule has 134 valence electrons. The van der Waals surface area contributed by atoms with Crippen LogP contribution in [0.3, 0.4) is 0 Å². The predicted molar refractivity (Wildman–Crippen MR) is 92.5 cm³/mol. The van der Waals surface area contributed by atoms with Crippen molar-refractivity contribution in [1.29, 1.82) is 0 Å². The number of anilines is 1. The largest absolute Gasteiger partial charge is 0.370 e. The van der Waals surface area contributed by atoms with Crippen LogP contribution in [-0.2, 0) is 14.8 Å². The Morgan fingerprint density at radius 1 is 1.25 bits per heavy atom. The number of ether oxygens (including phenoxy) is 1. The second-order valence-corrected chi connectivity index (χ2v) is 8.83. The van der Waals surface area contributed by atoms with E-state index in [2.05, 4.69) is 15.1 Å². The Morgan fingerprint density at radius 3 is 2.79 bits per heavy atom. The summed E-state index contributed by atoms with van der Waals surface area (Å²) in [6.45, 7) is 6.70. The highest BCUT2D eigenvalue weighted by Crippen LogP contribution is 2.31. The average Bonchev–Trinajstić information content (AvgIpc) is 2.55. The van der Waals surface area contributed by atoms with Gasteiger partial charge >= 0.3 is 0 Å². The van der Waals surface area contributed by atoms with Crippen LogP contribution in [0.15, 0.2) is 12.1 Å². The monoisotopic (exact) mass is 354 g/mol. The Hall–Kier alpha value is -1.25. The molecule has 24 heavy (non-hydrogen) atoms. The summed E-state index contributed by atoms with van der Waals surface area (Å²) in [6, 6.07) is 3.92. The van der Waals surface area contributed by atoms with Gasteiger partial charge in [-0.2, -0.15) is 9.40 Å². The Kier molecular flexibility index (Phi) is 5.08. The zero-order valence-electron chi connectivity index (χ0n) is 14.4. The first-order valence-electron chi connectivity index (χ1n) is 8.61. The van der Waals surface area contributed by atoms with Gasteiger partial charge in [0.25, 0.3) is 0 Å². The van der Waals surface area contributed by atoms with E-state index >= 15 is 0 Å². The van der Waals surface area contributed by atoms with Crippen molar-refractivity contribution in [1.82, 2.24) is 14.5 Å². The molecular weight excluding hydrogens is 328 g/mol. The molecule has 2 fully saturated rings. The minimum absolute atomic E-state index is 0.205. The molecule has 0 bridgehead atoms. The zero-order valence-corrected chi connectivity index (χ0v) is 15.3. The number of rotatable bonds is 4. The lowest BCUT2D eigenvalue weighted by atomic mass is 9.91. The normalized spacial score (nSPS) is 26.0. The number of aromatic nitrogens is 2. The lowest BCUT2D eigenvalue weighted by Gasteiger charge is -2.47. The molecule has 1 aromatic rings. The SMILES string of the molecule is CCCS(=O)(=O)N1CCOC2(CCCN(c3ccc(C)nn3)C2)C1. The van der Waals surface area contributed by atoms with Gasteiger partial charge in [-0.05, 0) is 38.3 Å². The molecular formula is C16H26N4O3S. The number of nitrogens with zero attached hydrogens (tertiary/aromatic N) is 4. The maximum atomic E-state index is 12.4. The summed E-state index contributed by atoms with van der Waals surface area (Å²) >= 11 is 0. The summed E-state index contributed by atoms with van der Waals surface area (Å²) in [6.07, 6.45) is 2.47. The molecule has 3 rings (SSSR count). The summed E-state index contributed by atoms with van der Waals surface area (Å²) < 4.78 is 32.6. The lowest BCUT2D eigenvalue weighted by Crippen LogP contribution is -2.61. The Bertz CT molecular complexity index is 660. The third-order valence-electron chi connectivity index (χ3n) is 4.72. The molecule has 1 unspecified atom stereocenters. The third-order valence-corrected chi connectivity index (χ3v) is 6.74. The van der Waals surface area contributed by atoms with Crippen LogP contribution < -0.4 is 4.90 Å². The topological polar surface area (TPSA) is 75.6 Å². The molecule has 0 radical (unpaired) electrons. The molecule has 3 heterocycles. The number of piperidine rings is 1. The van der Waals surface area contributed by atoms with Crippen LogP contribution in [0.5, 0.6) is 0 Å². The molecule has 1 spiro atoms. The van der Waals surface area contributed by atoms with Crippen molar-refractivity contribution in [3.63, 3.8) is 0 Å². The predicted octanol–water partition coefficient (Wildman–Crippen LogP) is 1.20. The fourth-order valence-electron chi connectivity index (χ4n) is 3.54. The third kappa shape index (κ3) is 3.70. The number of morpholine rings is 1. The molecule has 0 aromatic carbocycles. The van der Waals surface area contributed by atoms with E-state index in [-0.39, 0.29) is 5.75 Å². The maximum Gasteiger partial charge on any atom is 0.214 e. The fourth-order valence-corrected chi connectivity index (χ4v) is 5.09. The molecule has 2 saturated heterocycles. The van der Waals surface area contributed by atoms with Gasteiger partial charge in [-0.1, -0.05) is 6.92 Å². The zero-order chi connectivity index (χ0) is 17.2. The second-order valence-electron chi connectivity index (χ2n) is 6.74. The molecule has 7 nitrogen and oxygen atoms in total. The van der Waals surface area contributed by atoms with E-state index < -0.39 is 15.6 Å². The fraction of sp³-hybridized carbons (Fsp3) is 0.750. The highest BCUT2D eigenvalue weighted by Gasteiger charge is 2.43. The molecule has 2 aliphatic heterocycles. The summed E-state index contributed by atoms with van der Waals surface area (Å²) in [5, 5.41) is 8.39. The summed E-state index contributed by atoms with van der Waals surface area (Å²) in [5.41, 5.74) is 0.445. The minimum Gasteiger partial charge on any atom is -0.370 e. The molecule has 0 aliphatic carbocycles. The number of sulfonamides is 1. The number of aryl methyl sites for hydroxylation is 1. The van der Waals surface area contributed by atoms with Gasteiger partial charge in [0, 0.05) is 26.2 Å². The van der Waals surface area contributed by atoms with Crippen LogP contribution >= 0.6 is 0 Å². The van der Waals surface area contributed by atoms with Crippen molar-refractivity contribution < 1.29 is 13.2 Å². The van der Waals surface area contributed by atoms with E-state index in [1.54, 1.807) is 4.31 Å². The van der Waals surface area contributed by atoms with Crippen molar-refractivity contribution in [3.8, 4) is 0 Å². The van der Waals surface area contributed by atoms with E-state index in [1.807, 2.05) is 26.0 Å². The Labute approximate surface area is 144 Å². The van der Waals surface area contributed by atoms with E-state index in [0.717, 1.165) is 30.9 Å². The Balaban J connectivity index is 1.76. The van der Waals surface area contributed by atoms with Gasteiger partial charge < -0.3 is 9.64 Å². The van der Waals surface area contributed by atoms with Crippen molar-refractivity contribution in [3.05, 3.63) is 17.8 Å². The van der Waals surface area contributed by atoms with Gasteiger partial charge in [-0.15, -0.1) is 5.10 Å². The minimum atomic E-state index is -3.19. The standard InChI is InChI=1S/C16H26N4O3S/c1-3-11-24(21,22)20-9-10-23-16(13-20)7-4-8-19(12-16)15-6-5-14(2)17-18-15/h5-6H,3-4,7-13H2,1-2H3. The maximum absolute atomic E-state index is 12.4. The van der Waals surface area contributed by atoms with Crippen LogP contribution in [0.25, 0.3) is 0 Å². The van der Waals surface area contributed by atoms with Crippen molar-refractivity contribution in [2.75, 3.05) is 43.4 Å². The van der Waals surface area contributed by atoms with Gasteiger partial charge in [0.05, 0.1) is 23.7 Å². The van der Waals surface area contributed by atoms with Crippen LogP contribution in [0.4, 0.5) is 5.82 Å². The molecule has 0 saturated carbocycles. The molecule has 2 aliphatic rings. The molecule has 1 atom stereocenters. The smallest absolute Gasteiger partial charge is 0.214 e. The van der Waals surface area contributed by atoms with Crippen LogP contribution in [-0.4, -0.2) is 67.1 Å². The van der Waals surface area contributed by atoms with E-state index in [9.17, 15) is 8.42 Å². The molecule has 0 amide bonds. The number of hydrogen-bond acceptors (Lipinski definition) is 6. The lowest BCUT2D eigenvalue weighted by molar-refractivity contribution is -0.0950. The van der Waals surface area contributed by atoms with Crippen molar-refractivity contribution >= 4 is 15.8 Å². The van der Waals surface area contributed by atoms with Gasteiger partial charge in [0.1, 0.15) is 0 Å². The summed E-state index contributed by atoms with van der Waals surface area (Å²) in [4.78, 5) is 2.16. The van der Waals surface area contributed by atoms with E-state index in [4.69, 9.17) is 4.74 Å². The van der Waals surface area contributed by atoms with Gasteiger partial charge in [0.15, 0.2) is 5.82 Å². The van der Waals surface area contributed by atoms with Crippen LogP contribution in [0.1, 0.15) is 31.9 Å². The highest BCUT2D eigenvalue weighted by molar-refractivity contribution is 7.89. The van der Waals surface area contributed by atoms with Gasteiger partial charge in [-0.3, -0.25) is 0 Å². The van der Waals surface area contributed by atoms with Gasteiger partial charge in [-0.25, -0.2) is 8.42 Å². The second kappa shape index (κ2) is 6.93. The first-order valence-corrected chi connectivity index (χ1v) is 10.2. The Morgan fingerprint density at radius 2 is 2.08 bits per heavy atom. The first-order chi connectivity index (χ1) is 11.4. The first kappa shape index (κ1) is 17.6. The van der Waals surface area contributed by atoms with Crippen LogP contribution in [0.2, 0.25) is 0 Å². The van der Waals surface area contributed by atoms with E-state index in [1.165, 1.54) is 0 Å². The molecule has 1 aromatic heterocycles. The average molecular weight is 354 g/mol. The summed E-state index contributed by atoms with van der Waals surface area (Å²) in [5.74, 6) is 1.03. The molecule has 8 heteroatoms. The van der Waals surface area contributed by atoms with Crippen molar-refractivity contribution in [2.45, 2.75) is 38.7 Å². The number of hydrogen-bond donors (Lipinski definition) is 0. The van der Waals surface area contributed by atoms with E-state index in [0.29, 0.717) is 32.7 Å². The molecule has 0 N–H and O–H groups in total. The van der Waals surface area contributed by atoms with Crippen molar-refractivity contribution in [2.24, 2.45) is 0 Å². The quantitative estimate of drug-likeness (QED) is 0.809. The summed E-state index contributed by atoms with van der Waals surface area (Å²) in [7, 11) is -3.19.